The highest BCUT2D eigenvalue weighted by Crippen LogP contribution is 2.13. The fourth-order valence-electron chi connectivity index (χ4n) is 2.35. The maximum atomic E-state index is 12.4. The van der Waals surface area contributed by atoms with Crippen molar-refractivity contribution in [2.75, 3.05) is 13.7 Å². The SMILES string of the molecule is COCCn1nc(CNC(=O)c2ccno2)c2ccccc2c1=O. The van der Waals surface area contributed by atoms with Crippen LogP contribution in [0.4, 0.5) is 0 Å². The summed E-state index contributed by atoms with van der Waals surface area (Å²) >= 11 is 0. The largest absolute Gasteiger partial charge is 0.383 e. The number of benzene rings is 1. The van der Waals surface area contributed by atoms with Crippen LogP contribution in [-0.4, -0.2) is 34.6 Å². The third-order valence-electron chi connectivity index (χ3n) is 3.53. The van der Waals surface area contributed by atoms with Crippen molar-refractivity contribution in [3.8, 4) is 0 Å². The number of amides is 1. The van der Waals surface area contributed by atoms with E-state index in [-0.39, 0.29) is 17.9 Å². The van der Waals surface area contributed by atoms with Crippen LogP contribution in [0.25, 0.3) is 10.8 Å². The van der Waals surface area contributed by atoms with Gasteiger partial charge in [-0.15, -0.1) is 0 Å². The van der Waals surface area contributed by atoms with Gasteiger partial charge in [-0.3, -0.25) is 9.59 Å². The fraction of sp³-hybridized carbons (Fsp3) is 0.250. The Labute approximate surface area is 137 Å². The van der Waals surface area contributed by atoms with Crippen molar-refractivity contribution in [3.05, 3.63) is 58.3 Å². The molecule has 0 aliphatic heterocycles. The van der Waals surface area contributed by atoms with Crippen LogP contribution >= 0.6 is 0 Å². The van der Waals surface area contributed by atoms with Gasteiger partial charge in [0.05, 0.1) is 37.0 Å². The van der Waals surface area contributed by atoms with E-state index in [0.29, 0.717) is 29.6 Å². The van der Waals surface area contributed by atoms with Crippen LogP contribution in [0.1, 0.15) is 16.2 Å². The first-order valence-electron chi connectivity index (χ1n) is 7.37. The quantitative estimate of drug-likeness (QED) is 0.723. The minimum absolute atomic E-state index is 0.118. The number of carbonyl (C=O) groups is 1. The van der Waals surface area contributed by atoms with Gasteiger partial charge in [-0.25, -0.2) is 4.68 Å². The third-order valence-corrected chi connectivity index (χ3v) is 3.53. The lowest BCUT2D eigenvalue weighted by molar-refractivity contribution is 0.0913. The molecule has 8 heteroatoms. The zero-order chi connectivity index (χ0) is 16.9. The van der Waals surface area contributed by atoms with Gasteiger partial charge in [-0.1, -0.05) is 23.4 Å². The summed E-state index contributed by atoms with van der Waals surface area (Å²) in [4.78, 5) is 24.4. The first-order valence-corrected chi connectivity index (χ1v) is 7.37. The number of ether oxygens (including phenoxy) is 1. The Morgan fingerprint density at radius 1 is 1.29 bits per heavy atom. The first kappa shape index (κ1) is 15.9. The number of nitrogens with zero attached hydrogens (tertiary/aromatic N) is 3. The van der Waals surface area contributed by atoms with Crippen LogP contribution in [0, 0.1) is 0 Å². The lowest BCUT2D eigenvalue weighted by Gasteiger charge is -2.11. The van der Waals surface area contributed by atoms with E-state index in [1.54, 1.807) is 25.3 Å². The van der Waals surface area contributed by atoms with Crippen LogP contribution in [0.5, 0.6) is 0 Å². The van der Waals surface area contributed by atoms with Crippen molar-refractivity contribution in [2.45, 2.75) is 13.1 Å². The molecule has 3 aromatic rings. The minimum Gasteiger partial charge on any atom is -0.383 e. The first-order chi connectivity index (χ1) is 11.7. The number of hydrogen-bond donors (Lipinski definition) is 1. The van der Waals surface area contributed by atoms with E-state index in [4.69, 9.17) is 9.26 Å². The van der Waals surface area contributed by atoms with Crippen LogP contribution in [0.3, 0.4) is 0 Å². The molecule has 24 heavy (non-hydrogen) atoms. The molecule has 0 saturated carbocycles. The average Bonchev–Trinajstić information content (AvgIpc) is 3.15. The van der Waals surface area contributed by atoms with E-state index >= 15 is 0 Å². The molecule has 0 saturated heterocycles. The molecule has 0 unspecified atom stereocenters. The molecule has 124 valence electrons. The van der Waals surface area contributed by atoms with Gasteiger partial charge in [-0.05, 0) is 6.07 Å². The summed E-state index contributed by atoms with van der Waals surface area (Å²) < 4.78 is 11.2. The van der Waals surface area contributed by atoms with Gasteiger partial charge in [-0.2, -0.15) is 5.10 Å². The van der Waals surface area contributed by atoms with Crippen molar-refractivity contribution in [2.24, 2.45) is 0 Å². The molecule has 0 atom stereocenters. The van der Waals surface area contributed by atoms with Gasteiger partial charge in [0.15, 0.2) is 0 Å². The Bertz CT molecular complexity index is 902. The number of carbonyl (C=O) groups excluding carboxylic acids is 1. The number of fused-ring (bicyclic) bond motifs is 1. The number of rotatable bonds is 6. The lowest BCUT2D eigenvalue weighted by atomic mass is 10.1. The summed E-state index contributed by atoms with van der Waals surface area (Å²) in [6.07, 6.45) is 1.40. The van der Waals surface area contributed by atoms with E-state index in [0.717, 1.165) is 0 Å². The monoisotopic (exact) mass is 328 g/mol. The topological polar surface area (TPSA) is 99.2 Å². The normalized spacial score (nSPS) is 10.9. The minimum atomic E-state index is -0.395. The maximum absolute atomic E-state index is 12.4. The van der Waals surface area contributed by atoms with E-state index in [2.05, 4.69) is 15.6 Å². The number of nitrogens with one attached hydrogen (secondary N) is 1. The molecule has 1 aromatic carbocycles. The standard InChI is InChI=1S/C16H16N4O4/c1-23-9-8-20-16(22)12-5-3-2-4-11(12)13(19-20)10-17-15(21)14-6-7-18-24-14/h2-7H,8-10H2,1H3,(H,17,21). The molecule has 0 spiro atoms. The third kappa shape index (κ3) is 3.18. The smallest absolute Gasteiger partial charge is 0.290 e. The predicted molar refractivity (Wildman–Crippen MR) is 85.6 cm³/mol. The second-order valence-electron chi connectivity index (χ2n) is 5.07. The van der Waals surface area contributed by atoms with Gasteiger partial charge < -0.3 is 14.6 Å². The maximum Gasteiger partial charge on any atom is 0.290 e. The highest BCUT2D eigenvalue weighted by atomic mass is 16.5. The molecular formula is C16H16N4O4. The van der Waals surface area contributed by atoms with E-state index in [9.17, 15) is 9.59 Å². The van der Waals surface area contributed by atoms with E-state index < -0.39 is 5.91 Å². The number of methoxy groups -OCH3 is 1. The van der Waals surface area contributed by atoms with Crippen molar-refractivity contribution in [1.29, 1.82) is 0 Å². The fourth-order valence-corrected chi connectivity index (χ4v) is 2.35. The summed E-state index contributed by atoms with van der Waals surface area (Å²) in [5, 5.41) is 11.8. The average molecular weight is 328 g/mol. The second-order valence-corrected chi connectivity index (χ2v) is 5.07. The van der Waals surface area contributed by atoms with Crippen LogP contribution in [0.15, 0.2) is 45.8 Å². The summed E-state index contributed by atoms with van der Waals surface area (Å²) in [6, 6.07) is 8.64. The second kappa shape index (κ2) is 7.05. The summed E-state index contributed by atoms with van der Waals surface area (Å²) in [5.74, 6) is -0.278. The van der Waals surface area contributed by atoms with Gasteiger partial charge in [0, 0.05) is 18.6 Å². The Morgan fingerprint density at radius 2 is 2.08 bits per heavy atom. The molecule has 0 fully saturated rings. The van der Waals surface area contributed by atoms with Crippen molar-refractivity contribution >= 4 is 16.7 Å². The molecule has 1 amide bonds. The molecule has 1 N–H and O–H groups in total. The summed E-state index contributed by atoms with van der Waals surface area (Å²) in [6.45, 7) is 0.867. The molecule has 2 heterocycles. The van der Waals surface area contributed by atoms with Crippen molar-refractivity contribution in [3.63, 3.8) is 0 Å². The molecule has 3 rings (SSSR count). The Hall–Kier alpha value is -3.00. The molecule has 0 aliphatic carbocycles. The predicted octanol–water partition coefficient (Wildman–Crippen LogP) is 0.961. The molecule has 0 radical (unpaired) electrons. The molecule has 0 aliphatic rings. The van der Waals surface area contributed by atoms with Crippen molar-refractivity contribution in [1.82, 2.24) is 20.3 Å². The molecule has 8 nitrogen and oxygen atoms in total. The van der Waals surface area contributed by atoms with Crippen LogP contribution < -0.4 is 10.9 Å². The van der Waals surface area contributed by atoms with Gasteiger partial charge in [0.25, 0.3) is 11.5 Å². The Morgan fingerprint density at radius 3 is 2.79 bits per heavy atom. The summed E-state index contributed by atoms with van der Waals surface area (Å²) in [5.41, 5.74) is 0.405. The molecule has 2 aromatic heterocycles. The lowest BCUT2D eigenvalue weighted by Crippen LogP contribution is -2.29. The van der Waals surface area contributed by atoms with Gasteiger partial charge in [0.2, 0.25) is 5.76 Å². The summed E-state index contributed by atoms with van der Waals surface area (Å²) in [7, 11) is 1.56. The Kier molecular flexibility index (Phi) is 4.66. The van der Waals surface area contributed by atoms with E-state index in [1.807, 2.05) is 6.07 Å². The number of hydrogen-bond acceptors (Lipinski definition) is 6. The highest BCUT2D eigenvalue weighted by Gasteiger charge is 2.13. The Balaban J connectivity index is 1.92. The zero-order valence-corrected chi connectivity index (χ0v) is 13.1. The van der Waals surface area contributed by atoms with Crippen LogP contribution in [-0.2, 0) is 17.8 Å². The highest BCUT2D eigenvalue weighted by molar-refractivity contribution is 5.91. The van der Waals surface area contributed by atoms with Gasteiger partial charge in [0.1, 0.15) is 0 Å². The van der Waals surface area contributed by atoms with Crippen LogP contribution in [0.2, 0.25) is 0 Å². The zero-order valence-electron chi connectivity index (χ0n) is 13.1. The number of aromatic nitrogens is 3. The van der Waals surface area contributed by atoms with Gasteiger partial charge >= 0.3 is 0 Å². The molecule has 0 bridgehead atoms. The van der Waals surface area contributed by atoms with Crippen molar-refractivity contribution < 1.29 is 14.1 Å². The van der Waals surface area contributed by atoms with E-state index in [1.165, 1.54) is 16.9 Å². The molecular weight excluding hydrogens is 312 g/mol.